The zero-order chi connectivity index (χ0) is 13.9. The van der Waals surface area contributed by atoms with Crippen LogP contribution in [0.1, 0.15) is 26.7 Å². The van der Waals surface area contributed by atoms with Crippen molar-refractivity contribution < 1.29 is 19.4 Å². The summed E-state index contributed by atoms with van der Waals surface area (Å²) in [5, 5.41) is 11.5. The molecule has 104 valence electrons. The third-order valence-electron chi connectivity index (χ3n) is 3.77. The van der Waals surface area contributed by atoms with Crippen LogP contribution < -0.4 is 5.32 Å². The van der Waals surface area contributed by atoms with Gasteiger partial charge in [-0.05, 0) is 6.42 Å². The van der Waals surface area contributed by atoms with Gasteiger partial charge in [-0.1, -0.05) is 13.8 Å². The van der Waals surface area contributed by atoms with E-state index >= 15 is 0 Å². The minimum atomic E-state index is -0.905. The fraction of sp³-hybridized carbons (Fsp3) is 0.833. The second-order valence-corrected chi connectivity index (χ2v) is 5.35. The van der Waals surface area contributed by atoms with E-state index in [1.807, 2.05) is 13.8 Å². The van der Waals surface area contributed by atoms with E-state index < -0.39 is 5.97 Å². The molecule has 0 spiro atoms. The lowest BCUT2D eigenvalue weighted by molar-refractivity contribution is -0.137. The molecule has 0 saturated heterocycles. The number of methoxy groups -OCH3 is 1. The molecule has 6 nitrogen and oxygen atoms in total. The van der Waals surface area contributed by atoms with E-state index in [0.717, 1.165) is 6.42 Å². The molecule has 2 unspecified atom stereocenters. The Balaban J connectivity index is 2.39. The van der Waals surface area contributed by atoms with Crippen molar-refractivity contribution in [2.75, 3.05) is 20.7 Å². The fourth-order valence-corrected chi connectivity index (χ4v) is 2.15. The van der Waals surface area contributed by atoms with E-state index in [9.17, 15) is 9.59 Å². The van der Waals surface area contributed by atoms with Crippen LogP contribution >= 0.6 is 0 Å². The number of nitrogens with zero attached hydrogens (tertiary/aromatic N) is 1. The third kappa shape index (κ3) is 3.13. The lowest BCUT2D eigenvalue weighted by Gasteiger charge is -2.51. The summed E-state index contributed by atoms with van der Waals surface area (Å²) in [4.78, 5) is 23.6. The number of urea groups is 1. The molecule has 2 atom stereocenters. The zero-order valence-corrected chi connectivity index (χ0v) is 11.4. The number of carbonyl (C=O) groups excluding carboxylic acids is 1. The number of carboxylic acid groups (broad SMARTS) is 1. The van der Waals surface area contributed by atoms with Gasteiger partial charge in [-0.25, -0.2) is 4.79 Å². The molecule has 18 heavy (non-hydrogen) atoms. The van der Waals surface area contributed by atoms with Gasteiger partial charge >= 0.3 is 12.0 Å². The second-order valence-electron chi connectivity index (χ2n) is 5.35. The van der Waals surface area contributed by atoms with E-state index in [4.69, 9.17) is 9.84 Å². The smallest absolute Gasteiger partial charge is 0.317 e. The van der Waals surface area contributed by atoms with Crippen LogP contribution in [0.15, 0.2) is 0 Å². The molecule has 6 heteroatoms. The molecule has 1 rings (SSSR count). The topological polar surface area (TPSA) is 78.9 Å². The van der Waals surface area contributed by atoms with Crippen LogP contribution in [0.25, 0.3) is 0 Å². The Morgan fingerprint density at radius 3 is 2.56 bits per heavy atom. The summed E-state index contributed by atoms with van der Waals surface area (Å²) >= 11 is 0. The highest BCUT2D eigenvalue weighted by molar-refractivity contribution is 5.75. The number of rotatable bonds is 5. The van der Waals surface area contributed by atoms with Crippen LogP contribution in [0.4, 0.5) is 4.79 Å². The van der Waals surface area contributed by atoms with E-state index in [0.29, 0.717) is 0 Å². The van der Waals surface area contributed by atoms with Crippen LogP contribution in [-0.4, -0.2) is 54.9 Å². The molecule has 0 bridgehead atoms. The zero-order valence-electron chi connectivity index (χ0n) is 11.4. The summed E-state index contributed by atoms with van der Waals surface area (Å²) in [7, 11) is 3.27. The minimum Gasteiger partial charge on any atom is -0.481 e. The van der Waals surface area contributed by atoms with E-state index in [-0.39, 0.29) is 36.6 Å². The highest BCUT2D eigenvalue weighted by Gasteiger charge is 2.49. The highest BCUT2D eigenvalue weighted by Crippen LogP contribution is 2.42. The summed E-state index contributed by atoms with van der Waals surface area (Å²) < 4.78 is 5.31. The Labute approximate surface area is 107 Å². The monoisotopic (exact) mass is 258 g/mol. The predicted molar refractivity (Wildman–Crippen MR) is 66.4 cm³/mol. The number of nitrogens with one attached hydrogen (secondary N) is 1. The summed E-state index contributed by atoms with van der Waals surface area (Å²) in [5.74, 6) is -0.905. The van der Waals surface area contributed by atoms with Crippen molar-refractivity contribution in [3.05, 3.63) is 0 Å². The molecule has 0 aromatic rings. The maximum Gasteiger partial charge on any atom is 0.317 e. The molecule has 0 aromatic carbocycles. The van der Waals surface area contributed by atoms with E-state index in [1.54, 1.807) is 14.2 Å². The number of aliphatic carboxylic acids is 1. The lowest BCUT2D eigenvalue weighted by Crippen LogP contribution is -2.63. The Kier molecular flexibility index (Phi) is 4.56. The summed E-state index contributed by atoms with van der Waals surface area (Å²) in [6.07, 6.45) is 0.910. The molecule has 2 amide bonds. The summed E-state index contributed by atoms with van der Waals surface area (Å²) in [5.41, 5.74) is -0.0853. The van der Waals surface area contributed by atoms with Crippen LogP contribution in [0.3, 0.4) is 0 Å². The molecule has 0 aliphatic heterocycles. The van der Waals surface area contributed by atoms with Gasteiger partial charge in [0.2, 0.25) is 0 Å². The molecule has 1 aliphatic carbocycles. The van der Waals surface area contributed by atoms with Crippen molar-refractivity contribution in [3.63, 3.8) is 0 Å². The van der Waals surface area contributed by atoms with Crippen molar-refractivity contribution >= 4 is 12.0 Å². The number of carboxylic acids is 1. The maximum absolute atomic E-state index is 11.8. The minimum absolute atomic E-state index is 0.0430. The molecular formula is C12H22N2O4. The Morgan fingerprint density at radius 2 is 2.11 bits per heavy atom. The number of ether oxygens (including phenoxy) is 1. The molecule has 0 heterocycles. The van der Waals surface area contributed by atoms with Gasteiger partial charge in [-0.2, -0.15) is 0 Å². The first-order valence-corrected chi connectivity index (χ1v) is 6.05. The number of amides is 2. The number of hydrogen-bond donors (Lipinski definition) is 2. The van der Waals surface area contributed by atoms with Crippen LogP contribution in [-0.2, 0) is 9.53 Å². The van der Waals surface area contributed by atoms with Crippen molar-refractivity contribution in [2.45, 2.75) is 38.8 Å². The molecule has 2 N–H and O–H groups in total. The van der Waals surface area contributed by atoms with Crippen LogP contribution in [0, 0.1) is 5.41 Å². The fourth-order valence-electron chi connectivity index (χ4n) is 2.15. The highest BCUT2D eigenvalue weighted by atomic mass is 16.5. The summed E-state index contributed by atoms with van der Waals surface area (Å²) in [6.45, 7) is 4.31. The van der Waals surface area contributed by atoms with Crippen molar-refractivity contribution in [1.29, 1.82) is 0 Å². The number of carbonyl (C=O) groups is 2. The first-order valence-electron chi connectivity index (χ1n) is 6.05. The Hall–Kier alpha value is -1.30. The molecule has 0 radical (unpaired) electrons. The Morgan fingerprint density at radius 1 is 1.50 bits per heavy atom. The van der Waals surface area contributed by atoms with Gasteiger partial charge < -0.3 is 20.1 Å². The molecule has 1 saturated carbocycles. The third-order valence-corrected chi connectivity index (χ3v) is 3.77. The van der Waals surface area contributed by atoms with Gasteiger partial charge in [0, 0.05) is 32.2 Å². The van der Waals surface area contributed by atoms with Gasteiger partial charge in [-0.3, -0.25) is 4.79 Å². The predicted octanol–water partition coefficient (Wildman–Crippen LogP) is 0.916. The quantitative estimate of drug-likeness (QED) is 0.768. The standard InChI is InChI=1S/C12H22N2O4/c1-12(2)8(7-9(12)18-4)13-11(17)14(3)6-5-10(15)16/h8-9H,5-7H2,1-4H3,(H,13,17)(H,15,16). The van der Waals surface area contributed by atoms with Gasteiger partial charge in [0.1, 0.15) is 0 Å². The average molecular weight is 258 g/mol. The van der Waals surface area contributed by atoms with E-state index in [1.165, 1.54) is 4.90 Å². The normalized spacial score (nSPS) is 25.1. The first kappa shape index (κ1) is 14.8. The van der Waals surface area contributed by atoms with Crippen LogP contribution in [0.2, 0.25) is 0 Å². The van der Waals surface area contributed by atoms with Gasteiger partial charge in [0.05, 0.1) is 12.5 Å². The largest absolute Gasteiger partial charge is 0.481 e. The Bertz CT molecular complexity index is 330. The molecule has 1 fully saturated rings. The van der Waals surface area contributed by atoms with Crippen molar-refractivity contribution in [2.24, 2.45) is 5.41 Å². The second kappa shape index (κ2) is 5.56. The van der Waals surface area contributed by atoms with Gasteiger partial charge in [0.15, 0.2) is 0 Å². The number of hydrogen-bond acceptors (Lipinski definition) is 3. The van der Waals surface area contributed by atoms with Gasteiger partial charge in [0.25, 0.3) is 0 Å². The van der Waals surface area contributed by atoms with Crippen molar-refractivity contribution in [1.82, 2.24) is 10.2 Å². The van der Waals surface area contributed by atoms with Crippen molar-refractivity contribution in [3.8, 4) is 0 Å². The SMILES string of the molecule is COC1CC(NC(=O)N(C)CCC(=O)O)C1(C)C. The molecule has 1 aliphatic rings. The van der Waals surface area contributed by atoms with Gasteiger partial charge in [-0.15, -0.1) is 0 Å². The maximum atomic E-state index is 11.8. The lowest BCUT2D eigenvalue weighted by atomic mass is 9.64. The van der Waals surface area contributed by atoms with E-state index in [2.05, 4.69) is 5.32 Å². The first-order chi connectivity index (χ1) is 8.28. The van der Waals surface area contributed by atoms with Crippen LogP contribution in [0.5, 0.6) is 0 Å². The summed E-state index contributed by atoms with van der Waals surface area (Å²) in [6, 6.07) is -0.161. The molecule has 0 aromatic heterocycles. The average Bonchev–Trinajstić information content (AvgIpc) is 2.30. The molecular weight excluding hydrogens is 236 g/mol.